The molecule has 0 unspecified atom stereocenters. The van der Waals surface area contributed by atoms with Crippen molar-refractivity contribution < 1.29 is 14.6 Å². The van der Waals surface area contributed by atoms with Gasteiger partial charge in [-0.25, -0.2) is 4.98 Å². The lowest BCUT2D eigenvalue weighted by Crippen LogP contribution is -2.68. The van der Waals surface area contributed by atoms with Crippen LogP contribution in [0.1, 0.15) is 54.7 Å². The molecule has 3 heterocycles. The molecule has 3 aliphatic carbocycles. The SMILES string of the molecule is Cc1cccc(Cl)c1Oc1ncc(C(C)(C)O)cc1-c1cn(C)c(=O)c2[nH]c(C(=O)NC34CC(C3)C4)cc12. The Morgan fingerprint density at radius 3 is 2.63 bits per heavy atom. The molecule has 8 nitrogen and oxygen atoms in total. The van der Waals surface area contributed by atoms with Gasteiger partial charge >= 0.3 is 0 Å². The normalized spacial score (nSPS) is 20.1. The van der Waals surface area contributed by atoms with Gasteiger partial charge in [-0.05, 0) is 69.7 Å². The predicted molar refractivity (Wildman–Crippen MR) is 146 cm³/mol. The zero-order valence-electron chi connectivity index (χ0n) is 21.7. The van der Waals surface area contributed by atoms with Gasteiger partial charge in [0.2, 0.25) is 5.88 Å². The number of amides is 1. The number of aromatic amines is 1. The van der Waals surface area contributed by atoms with Crippen LogP contribution in [-0.2, 0) is 12.6 Å². The van der Waals surface area contributed by atoms with Crippen molar-refractivity contribution in [2.45, 2.75) is 51.2 Å². The second-order valence-electron chi connectivity index (χ2n) is 11.3. The van der Waals surface area contributed by atoms with E-state index in [9.17, 15) is 14.7 Å². The van der Waals surface area contributed by atoms with Crippen molar-refractivity contribution in [3.8, 4) is 22.8 Å². The number of hydrogen-bond acceptors (Lipinski definition) is 5. The van der Waals surface area contributed by atoms with Crippen molar-refractivity contribution >= 4 is 28.4 Å². The van der Waals surface area contributed by atoms with Gasteiger partial charge in [0.1, 0.15) is 11.2 Å². The van der Waals surface area contributed by atoms with Crippen molar-refractivity contribution in [3.05, 3.63) is 74.9 Å². The van der Waals surface area contributed by atoms with Gasteiger partial charge in [0.05, 0.1) is 10.6 Å². The molecule has 3 aliphatic rings. The van der Waals surface area contributed by atoms with E-state index < -0.39 is 5.60 Å². The van der Waals surface area contributed by atoms with Crippen LogP contribution in [0.4, 0.5) is 0 Å². The van der Waals surface area contributed by atoms with E-state index in [1.165, 1.54) is 4.57 Å². The lowest BCUT2D eigenvalue weighted by atomic mass is 9.50. The van der Waals surface area contributed by atoms with Crippen LogP contribution in [0, 0.1) is 12.8 Å². The second-order valence-corrected chi connectivity index (χ2v) is 11.7. The third kappa shape index (κ3) is 3.99. The van der Waals surface area contributed by atoms with Crippen LogP contribution in [0.5, 0.6) is 11.6 Å². The van der Waals surface area contributed by atoms with Gasteiger partial charge in [0.25, 0.3) is 11.5 Å². The molecular weight excluding hydrogens is 504 g/mol. The number of rotatable bonds is 6. The quantitative estimate of drug-likeness (QED) is 0.316. The number of carbonyl (C=O) groups excluding carboxylic acids is 1. The van der Waals surface area contributed by atoms with Crippen molar-refractivity contribution in [1.82, 2.24) is 19.9 Å². The first kappa shape index (κ1) is 24.7. The van der Waals surface area contributed by atoms with Gasteiger partial charge in [-0.3, -0.25) is 9.59 Å². The van der Waals surface area contributed by atoms with E-state index in [0.29, 0.717) is 44.1 Å². The van der Waals surface area contributed by atoms with Crippen LogP contribution in [0.25, 0.3) is 22.0 Å². The molecule has 1 amide bonds. The van der Waals surface area contributed by atoms with Gasteiger partial charge < -0.3 is 24.7 Å². The van der Waals surface area contributed by atoms with Crippen LogP contribution in [-0.4, -0.2) is 31.1 Å². The molecule has 38 heavy (non-hydrogen) atoms. The summed E-state index contributed by atoms with van der Waals surface area (Å²) in [5, 5.41) is 14.9. The second kappa shape index (κ2) is 8.44. The van der Waals surface area contributed by atoms with Crippen LogP contribution < -0.4 is 15.6 Å². The van der Waals surface area contributed by atoms with Gasteiger partial charge in [-0.15, -0.1) is 0 Å². The van der Waals surface area contributed by atoms with Gasteiger partial charge in [0, 0.05) is 47.1 Å². The Kier molecular flexibility index (Phi) is 5.49. The fraction of sp³-hybridized carbons (Fsp3) is 0.345. The van der Waals surface area contributed by atoms with Gasteiger partial charge in [-0.1, -0.05) is 23.7 Å². The van der Waals surface area contributed by atoms with E-state index in [1.807, 2.05) is 19.1 Å². The number of hydrogen-bond donors (Lipinski definition) is 3. The van der Waals surface area contributed by atoms with E-state index in [0.717, 1.165) is 30.7 Å². The Morgan fingerprint density at radius 1 is 1.26 bits per heavy atom. The molecule has 9 heteroatoms. The standard InChI is InChI=1S/C29H29ClN4O4/c1-15-6-5-7-21(30)24(15)38-26-19(8-17(13-31-26)28(2,3)37)20-14-34(4)27(36)23-18(20)9-22(32-23)25(35)33-29-10-16(11-29)12-29/h5-9,13-14,16,32,37H,10-12H2,1-4H3,(H,33,35). The van der Waals surface area contributed by atoms with Crippen LogP contribution >= 0.6 is 11.6 Å². The average molecular weight is 533 g/mol. The molecule has 1 aromatic carbocycles. The Morgan fingerprint density at radius 2 is 2.00 bits per heavy atom. The summed E-state index contributed by atoms with van der Waals surface area (Å²) in [7, 11) is 1.65. The molecule has 0 aliphatic heterocycles. The average Bonchev–Trinajstić information content (AvgIpc) is 3.26. The molecule has 0 saturated heterocycles. The maximum atomic E-state index is 13.1. The van der Waals surface area contributed by atoms with Crippen molar-refractivity contribution in [2.75, 3.05) is 0 Å². The molecule has 3 N–H and O–H groups in total. The molecular formula is C29H29ClN4O4. The first-order valence-electron chi connectivity index (χ1n) is 12.7. The number of fused-ring (bicyclic) bond motifs is 1. The number of carbonyl (C=O) groups is 1. The number of pyridine rings is 2. The van der Waals surface area contributed by atoms with Gasteiger partial charge in [-0.2, -0.15) is 0 Å². The summed E-state index contributed by atoms with van der Waals surface area (Å²) < 4.78 is 7.71. The lowest BCUT2D eigenvalue weighted by molar-refractivity contribution is -0.0439. The number of aryl methyl sites for hydroxylation is 2. The smallest absolute Gasteiger partial charge is 0.274 e. The number of aromatic nitrogens is 3. The van der Waals surface area contributed by atoms with E-state index in [-0.39, 0.29) is 22.9 Å². The minimum atomic E-state index is -1.17. The van der Waals surface area contributed by atoms with Crippen LogP contribution in [0.3, 0.4) is 0 Å². The number of para-hydroxylation sites is 1. The maximum absolute atomic E-state index is 13.1. The predicted octanol–water partition coefficient (Wildman–Crippen LogP) is 5.19. The third-order valence-corrected chi connectivity index (χ3v) is 8.13. The first-order valence-corrected chi connectivity index (χ1v) is 13.0. The number of nitrogens with one attached hydrogen (secondary N) is 2. The molecule has 7 rings (SSSR count). The van der Waals surface area contributed by atoms with E-state index in [1.54, 1.807) is 51.5 Å². The number of nitrogens with zero attached hydrogens (tertiary/aromatic N) is 2. The van der Waals surface area contributed by atoms with E-state index >= 15 is 0 Å². The topological polar surface area (TPSA) is 109 Å². The zero-order valence-corrected chi connectivity index (χ0v) is 22.4. The highest BCUT2D eigenvalue weighted by molar-refractivity contribution is 6.32. The fourth-order valence-electron chi connectivity index (χ4n) is 5.51. The van der Waals surface area contributed by atoms with Crippen LogP contribution in [0.15, 0.2) is 47.5 Å². The Hall–Kier alpha value is -3.62. The molecule has 3 aromatic heterocycles. The van der Waals surface area contributed by atoms with Crippen molar-refractivity contribution in [2.24, 2.45) is 13.0 Å². The summed E-state index contributed by atoms with van der Waals surface area (Å²) in [6.45, 7) is 5.23. The fourth-order valence-corrected chi connectivity index (χ4v) is 5.77. The maximum Gasteiger partial charge on any atom is 0.274 e. The molecule has 196 valence electrons. The van der Waals surface area contributed by atoms with Gasteiger partial charge in [0.15, 0.2) is 5.75 Å². The highest BCUT2D eigenvalue weighted by Crippen LogP contribution is 2.57. The summed E-state index contributed by atoms with van der Waals surface area (Å²) in [6, 6.07) is 8.96. The summed E-state index contributed by atoms with van der Waals surface area (Å²) in [4.78, 5) is 33.8. The third-order valence-electron chi connectivity index (χ3n) is 7.84. The van der Waals surface area contributed by atoms with E-state index in [2.05, 4.69) is 15.3 Å². The lowest BCUT2D eigenvalue weighted by Gasteiger charge is -2.61. The molecule has 4 aromatic rings. The molecule has 3 fully saturated rings. The molecule has 0 radical (unpaired) electrons. The number of ether oxygens (including phenoxy) is 1. The number of halogens is 1. The monoisotopic (exact) mass is 532 g/mol. The molecule has 3 saturated carbocycles. The minimum Gasteiger partial charge on any atom is -0.437 e. The van der Waals surface area contributed by atoms with E-state index in [4.69, 9.17) is 16.3 Å². The highest BCUT2D eigenvalue weighted by atomic mass is 35.5. The summed E-state index contributed by atoms with van der Waals surface area (Å²) >= 11 is 6.45. The number of H-pyrrole nitrogens is 1. The summed E-state index contributed by atoms with van der Waals surface area (Å²) in [6.07, 6.45) is 6.31. The Labute approximate surface area is 224 Å². The zero-order chi connectivity index (χ0) is 27.0. The summed E-state index contributed by atoms with van der Waals surface area (Å²) in [5.41, 5.74) is 1.68. The molecule has 2 bridgehead atoms. The number of benzene rings is 1. The minimum absolute atomic E-state index is 0.0916. The van der Waals surface area contributed by atoms with Crippen molar-refractivity contribution in [3.63, 3.8) is 0 Å². The first-order chi connectivity index (χ1) is 17.9. The number of aliphatic hydroxyl groups is 1. The Balaban J connectivity index is 1.51. The summed E-state index contributed by atoms with van der Waals surface area (Å²) in [5.74, 6) is 1.23. The largest absolute Gasteiger partial charge is 0.437 e. The van der Waals surface area contributed by atoms with Crippen LogP contribution in [0.2, 0.25) is 5.02 Å². The Bertz CT molecular complexity index is 1640. The molecule has 0 spiro atoms. The van der Waals surface area contributed by atoms with Crippen molar-refractivity contribution in [1.29, 1.82) is 0 Å². The highest BCUT2D eigenvalue weighted by Gasteiger charge is 2.57. The molecule has 0 atom stereocenters.